The van der Waals surface area contributed by atoms with Gasteiger partial charge in [-0.15, -0.1) is 0 Å². The molecular formula is C15H20ClN3. The van der Waals surface area contributed by atoms with Crippen LogP contribution >= 0.6 is 11.6 Å². The predicted octanol–water partition coefficient (Wildman–Crippen LogP) is 4.15. The molecule has 19 heavy (non-hydrogen) atoms. The Morgan fingerprint density at radius 1 is 1.21 bits per heavy atom. The lowest BCUT2D eigenvalue weighted by Gasteiger charge is -2.26. The summed E-state index contributed by atoms with van der Waals surface area (Å²) < 4.78 is 1.96. The number of aromatic nitrogens is 3. The standard InChI is InChI=1S/C15H20ClN3/c1-15(2,3)9-14(19-11-17-10-18-19)8-12-4-6-13(16)7-5-12/h4-7,10-11,14H,8-9H2,1-3H3. The van der Waals surface area contributed by atoms with Crippen LogP contribution in [-0.4, -0.2) is 14.8 Å². The third-order valence-corrected chi connectivity index (χ3v) is 3.30. The van der Waals surface area contributed by atoms with E-state index in [1.165, 1.54) is 5.56 Å². The van der Waals surface area contributed by atoms with Crippen molar-refractivity contribution in [2.45, 2.75) is 39.7 Å². The van der Waals surface area contributed by atoms with Crippen molar-refractivity contribution < 1.29 is 0 Å². The Morgan fingerprint density at radius 2 is 1.89 bits per heavy atom. The summed E-state index contributed by atoms with van der Waals surface area (Å²) in [4.78, 5) is 4.06. The van der Waals surface area contributed by atoms with Gasteiger partial charge in [-0.2, -0.15) is 5.10 Å². The average Bonchev–Trinajstić information content (AvgIpc) is 2.83. The predicted molar refractivity (Wildman–Crippen MR) is 78.3 cm³/mol. The van der Waals surface area contributed by atoms with Crippen LogP contribution < -0.4 is 0 Å². The van der Waals surface area contributed by atoms with E-state index in [1.54, 1.807) is 12.7 Å². The van der Waals surface area contributed by atoms with E-state index in [-0.39, 0.29) is 5.41 Å². The lowest BCUT2D eigenvalue weighted by molar-refractivity contribution is 0.276. The molecule has 4 heteroatoms. The van der Waals surface area contributed by atoms with Gasteiger partial charge in [0.1, 0.15) is 12.7 Å². The van der Waals surface area contributed by atoms with E-state index < -0.39 is 0 Å². The molecule has 2 rings (SSSR count). The third kappa shape index (κ3) is 4.35. The Labute approximate surface area is 119 Å². The van der Waals surface area contributed by atoms with Gasteiger partial charge in [-0.25, -0.2) is 9.67 Å². The first-order chi connectivity index (χ1) is 8.94. The fraction of sp³-hybridized carbons (Fsp3) is 0.467. The topological polar surface area (TPSA) is 30.7 Å². The third-order valence-electron chi connectivity index (χ3n) is 3.04. The summed E-state index contributed by atoms with van der Waals surface area (Å²) >= 11 is 5.93. The molecule has 1 atom stereocenters. The Kier molecular flexibility index (Phi) is 4.25. The highest BCUT2D eigenvalue weighted by Crippen LogP contribution is 2.29. The highest BCUT2D eigenvalue weighted by molar-refractivity contribution is 6.30. The van der Waals surface area contributed by atoms with Crippen molar-refractivity contribution >= 4 is 11.6 Å². The zero-order valence-corrected chi connectivity index (χ0v) is 12.4. The van der Waals surface area contributed by atoms with Gasteiger partial charge in [0.15, 0.2) is 0 Å². The smallest absolute Gasteiger partial charge is 0.137 e. The number of nitrogens with zero attached hydrogens (tertiary/aromatic N) is 3. The average molecular weight is 278 g/mol. The Bertz CT molecular complexity index is 497. The van der Waals surface area contributed by atoms with E-state index in [1.807, 2.05) is 16.8 Å². The van der Waals surface area contributed by atoms with Crippen molar-refractivity contribution in [2.24, 2.45) is 5.41 Å². The van der Waals surface area contributed by atoms with E-state index in [2.05, 4.69) is 43.0 Å². The minimum Gasteiger partial charge on any atom is -0.250 e. The summed E-state index contributed by atoms with van der Waals surface area (Å²) in [6, 6.07) is 8.35. The monoisotopic (exact) mass is 277 g/mol. The molecule has 0 fully saturated rings. The maximum Gasteiger partial charge on any atom is 0.137 e. The molecule has 0 bridgehead atoms. The molecule has 0 aliphatic carbocycles. The molecule has 1 aromatic carbocycles. The van der Waals surface area contributed by atoms with Gasteiger partial charge in [-0.1, -0.05) is 44.5 Å². The van der Waals surface area contributed by atoms with Crippen molar-refractivity contribution in [3.8, 4) is 0 Å². The van der Waals surface area contributed by atoms with Gasteiger partial charge in [0.05, 0.1) is 6.04 Å². The molecule has 0 saturated carbocycles. The van der Waals surface area contributed by atoms with Crippen LogP contribution in [0.25, 0.3) is 0 Å². The summed E-state index contributed by atoms with van der Waals surface area (Å²) in [7, 11) is 0. The van der Waals surface area contributed by atoms with E-state index in [0.717, 1.165) is 17.9 Å². The van der Waals surface area contributed by atoms with Gasteiger partial charge in [-0.3, -0.25) is 0 Å². The highest BCUT2D eigenvalue weighted by Gasteiger charge is 2.21. The maximum atomic E-state index is 5.93. The van der Waals surface area contributed by atoms with Crippen LogP contribution in [-0.2, 0) is 6.42 Å². The summed E-state index contributed by atoms with van der Waals surface area (Å²) in [6.45, 7) is 6.75. The zero-order chi connectivity index (χ0) is 13.9. The summed E-state index contributed by atoms with van der Waals surface area (Å²) in [5, 5.41) is 5.07. The maximum absolute atomic E-state index is 5.93. The van der Waals surface area contributed by atoms with Crippen molar-refractivity contribution in [3.63, 3.8) is 0 Å². The first-order valence-corrected chi connectivity index (χ1v) is 6.90. The Morgan fingerprint density at radius 3 is 2.42 bits per heavy atom. The van der Waals surface area contributed by atoms with Crippen LogP contribution in [0.1, 0.15) is 38.8 Å². The van der Waals surface area contributed by atoms with Crippen molar-refractivity contribution in [1.29, 1.82) is 0 Å². The summed E-state index contributed by atoms with van der Waals surface area (Å²) in [5.41, 5.74) is 1.53. The number of hydrogen-bond donors (Lipinski definition) is 0. The summed E-state index contributed by atoms with van der Waals surface area (Å²) in [5.74, 6) is 0. The van der Waals surface area contributed by atoms with E-state index >= 15 is 0 Å². The zero-order valence-electron chi connectivity index (χ0n) is 11.7. The second-order valence-electron chi connectivity index (χ2n) is 6.12. The molecule has 1 aromatic heterocycles. The SMILES string of the molecule is CC(C)(C)CC(Cc1ccc(Cl)cc1)n1cncn1. The first kappa shape index (κ1) is 14.1. The first-order valence-electron chi connectivity index (χ1n) is 6.52. The fourth-order valence-corrected chi connectivity index (χ4v) is 2.39. The van der Waals surface area contributed by atoms with Gasteiger partial charge >= 0.3 is 0 Å². The fourth-order valence-electron chi connectivity index (χ4n) is 2.26. The van der Waals surface area contributed by atoms with Crippen LogP contribution in [0.5, 0.6) is 0 Å². The van der Waals surface area contributed by atoms with Gasteiger partial charge in [-0.05, 0) is 36.0 Å². The minimum atomic E-state index is 0.253. The van der Waals surface area contributed by atoms with Crippen LogP contribution in [0, 0.1) is 5.41 Å². The van der Waals surface area contributed by atoms with Crippen LogP contribution in [0.4, 0.5) is 0 Å². The number of benzene rings is 1. The second-order valence-corrected chi connectivity index (χ2v) is 6.56. The molecule has 0 amide bonds. The lowest BCUT2D eigenvalue weighted by Crippen LogP contribution is -2.20. The van der Waals surface area contributed by atoms with Crippen LogP contribution in [0.15, 0.2) is 36.9 Å². The van der Waals surface area contributed by atoms with Gasteiger partial charge < -0.3 is 0 Å². The molecule has 102 valence electrons. The Balaban J connectivity index is 2.16. The summed E-state index contributed by atoms with van der Waals surface area (Å²) in [6.07, 6.45) is 5.39. The molecule has 0 spiro atoms. The van der Waals surface area contributed by atoms with Crippen molar-refractivity contribution in [2.75, 3.05) is 0 Å². The van der Waals surface area contributed by atoms with Crippen LogP contribution in [0.3, 0.4) is 0 Å². The molecule has 2 aromatic rings. The van der Waals surface area contributed by atoms with Gasteiger partial charge in [0, 0.05) is 5.02 Å². The van der Waals surface area contributed by atoms with Crippen molar-refractivity contribution in [1.82, 2.24) is 14.8 Å². The Hall–Kier alpha value is -1.35. The molecule has 0 N–H and O–H groups in total. The molecule has 1 heterocycles. The lowest BCUT2D eigenvalue weighted by atomic mass is 9.86. The van der Waals surface area contributed by atoms with E-state index in [9.17, 15) is 0 Å². The van der Waals surface area contributed by atoms with Gasteiger partial charge in [0.2, 0.25) is 0 Å². The molecule has 0 radical (unpaired) electrons. The largest absolute Gasteiger partial charge is 0.250 e. The molecule has 3 nitrogen and oxygen atoms in total. The highest BCUT2D eigenvalue weighted by atomic mass is 35.5. The molecule has 0 aliphatic heterocycles. The molecular weight excluding hydrogens is 258 g/mol. The van der Waals surface area contributed by atoms with E-state index in [0.29, 0.717) is 6.04 Å². The molecule has 0 saturated heterocycles. The van der Waals surface area contributed by atoms with Crippen molar-refractivity contribution in [3.05, 3.63) is 47.5 Å². The van der Waals surface area contributed by atoms with Crippen LogP contribution in [0.2, 0.25) is 5.02 Å². The second kappa shape index (κ2) is 5.74. The number of halogens is 1. The quantitative estimate of drug-likeness (QED) is 0.840. The number of rotatable bonds is 4. The molecule has 0 aliphatic rings. The van der Waals surface area contributed by atoms with Gasteiger partial charge in [0.25, 0.3) is 0 Å². The number of hydrogen-bond acceptors (Lipinski definition) is 2. The normalized spacial score (nSPS) is 13.5. The minimum absolute atomic E-state index is 0.253. The van der Waals surface area contributed by atoms with E-state index in [4.69, 9.17) is 11.6 Å². The molecule has 1 unspecified atom stereocenters.